The van der Waals surface area contributed by atoms with Crippen LogP contribution >= 0.6 is 11.6 Å². The summed E-state index contributed by atoms with van der Waals surface area (Å²) in [5.74, 6) is -1.89. The van der Waals surface area contributed by atoms with E-state index in [-0.39, 0.29) is 39.3 Å². The summed E-state index contributed by atoms with van der Waals surface area (Å²) in [5.41, 5.74) is 0.551. The first-order valence-corrected chi connectivity index (χ1v) is 11.2. The van der Waals surface area contributed by atoms with E-state index in [2.05, 4.69) is 4.74 Å². The Morgan fingerprint density at radius 2 is 1.76 bits per heavy atom. The number of ether oxygens (including phenoxy) is 2. The van der Waals surface area contributed by atoms with Crippen molar-refractivity contribution in [2.24, 2.45) is 0 Å². The van der Waals surface area contributed by atoms with Crippen LogP contribution in [0.25, 0.3) is 0 Å². The number of sulfonamides is 1. The number of anilines is 1. The fourth-order valence-corrected chi connectivity index (χ4v) is 4.32. The summed E-state index contributed by atoms with van der Waals surface area (Å²) < 4.78 is 55.2. The Labute approximate surface area is 194 Å². The van der Waals surface area contributed by atoms with Crippen molar-refractivity contribution in [2.75, 3.05) is 18.5 Å². The van der Waals surface area contributed by atoms with Gasteiger partial charge in [0.15, 0.2) is 0 Å². The zero-order valence-corrected chi connectivity index (χ0v) is 19.4. The van der Waals surface area contributed by atoms with Crippen molar-refractivity contribution in [1.29, 1.82) is 0 Å². The predicted molar refractivity (Wildman–Crippen MR) is 117 cm³/mol. The van der Waals surface area contributed by atoms with Gasteiger partial charge in [-0.15, -0.1) is 0 Å². The van der Waals surface area contributed by atoms with Crippen molar-refractivity contribution >= 4 is 39.3 Å². The monoisotopic (exact) mass is 495 g/mol. The Balaban J connectivity index is 1.81. The molecule has 0 N–H and O–H groups in total. The van der Waals surface area contributed by atoms with E-state index < -0.39 is 27.8 Å². The number of furan rings is 1. The lowest BCUT2D eigenvalue weighted by atomic mass is 10.2. The van der Waals surface area contributed by atoms with Gasteiger partial charge in [-0.2, -0.15) is 0 Å². The molecule has 11 heteroatoms. The fraction of sp³-hybridized carbons (Fsp3) is 0.182. The number of halogens is 2. The molecule has 3 rings (SSSR count). The predicted octanol–water partition coefficient (Wildman–Crippen LogP) is 4.35. The number of rotatable bonds is 7. The second-order valence-electron chi connectivity index (χ2n) is 6.88. The third kappa shape index (κ3) is 5.18. The van der Waals surface area contributed by atoms with Gasteiger partial charge in [-0.3, -0.25) is 4.31 Å². The first-order chi connectivity index (χ1) is 15.5. The van der Waals surface area contributed by atoms with Gasteiger partial charge in [0.25, 0.3) is 10.0 Å². The minimum Gasteiger partial charge on any atom is -0.463 e. The quantitative estimate of drug-likeness (QED) is 0.449. The van der Waals surface area contributed by atoms with Crippen molar-refractivity contribution < 1.29 is 36.3 Å². The van der Waals surface area contributed by atoms with E-state index in [4.69, 9.17) is 20.8 Å². The lowest BCUT2D eigenvalue weighted by Gasteiger charge is -2.20. The van der Waals surface area contributed by atoms with Crippen LogP contribution in [0, 0.1) is 12.7 Å². The molecule has 0 saturated carbocycles. The molecule has 0 aliphatic carbocycles. The first-order valence-electron chi connectivity index (χ1n) is 9.43. The SMILES string of the molecule is COC(=O)c1oc(COC(=O)c2cc(S(=O)(=O)N(C)c3ccc(F)cc3)ccc2Cl)cc1C. The van der Waals surface area contributed by atoms with Crippen LogP contribution in [0.4, 0.5) is 10.1 Å². The minimum absolute atomic E-state index is 0.0153. The molecule has 2 aromatic carbocycles. The van der Waals surface area contributed by atoms with Gasteiger partial charge >= 0.3 is 11.9 Å². The molecule has 33 heavy (non-hydrogen) atoms. The highest BCUT2D eigenvalue weighted by atomic mass is 35.5. The third-order valence-corrected chi connectivity index (χ3v) is 6.80. The molecule has 8 nitrogen and oxygen atoms in total. The fourth-order valence-electron chi connectivity index (χ4n) is 2.90. The summed E-state index contributed by atoms with van der Waals surface area (Å²) in [4.78, 5) is 24.0. The first kappa shape index (κ1) is 24.3. The number of carbonyl (C=O) groups excluding carboxylic acids is 2. The summed E-state index contributed by atoms with van der Waals surface area (Å²) in [6.45, 7) is 1.31. The number of benzene rings is 2. The molecule has 0 aliphatic rings. The van der Waals surface area contributed by atoms with Crippen molar-refractivity contribution in [1.82, 2.24) is 0 Å². The number of aryl methyl sites for hydroxylation is 1. The van der Waals surface area contributed by atoms with Gasteiger partial charge in [0.2, 0.25) is 5.76 Å². The summed E-state index contributed by atoms with van der Waals surface area (Å²) in [7, 11) is -1.58. The maximum absolute atomic E-state index is 13.2. The molecule has 0 saturated heterocycles. The van der Waals surface area contributed by atoms with Gasteiger partial charge in [0.1, 0.15) is 18.2 Å². The van der Waals surface area contributed by atoms with Gasteiger partial charge in [-0.25, -0.2) is 22.4 Å². The Kier molecular flexibility index (Phi) is 7.09. The van der Waals surface area contributed by atoms with E-state index in [1.165, 1.54) is 44.5 Å². The Bertz CT molecular complexity index is 1300. The van der Waals surface area contributed by atoms with Crippen molar-refractivity contribution in [3.05, 3.63) is 82.0 Å². The van der Waals surface area contributed by atoms with E-state index in [1.807, 2.05) is 0 Å². The molecule has 1 aromatic heterocycles. The van der Waals surface area contributed by atoms with Crippen LogP contribution in [-0.4, -0.2) is 34.5 Å². The highest BCUT2D eigenvalue weighted by Gasteiger charge is 2.25. The van der Waals surface area contributed by atoms with Gasteiger partial charge < -0.3 is 13.9 Å². The van der Waals surface area contributed by atoms with Gasteiger partial charge in [-0.05, 0) is 55.5 Å². The maximum atomic E-state index is 13.2. The van der Waals surface area contributed by atoms with Gasteiger partial charge in [-0.1, -0.05) is 11.6 Å². The van der Waals surface area contributed by atoms with Gasteiger partial charge in [0, 0.05) is 12.6 Å². The molecule has 0 amide bonds. The standard InChI is InChI=1S/C22H19ClFNO7S/c1-13-10-16(32-20(13)22(27)30-3)12-31-21(26)18-11-17(8-9-19(18)23)33(28,29)25(2)15-6-4-14(24)5-7-15/h4-11H,12H2,1-3H3. The number of hydrogen-bond donors (Lipinski definition) is 0. The van der Waals surface area contributed by atoms with E-state index >= 15 is 0 Å². The summed E-state index contributed by atoms with van der Waals surface area (Å²) in [6, 6.07) is 10.00. The van der Waals surface area contributed by atoms with Crippen molar-refractivity contribution in [2.45, 2.75) is 18.4 Å². The maximum Gasteiger partial charge on any atom is 0.374 e. The Morgan fingerprint density at radius 1 is 1.09 bits per heavy atom. The molecule has 0 bridgehead atoms. The minimum atomic E-state index is -4.08. The largest absolute Gasteiger partial charge is 0.463 e. The molecule has 3 aromatic rings. The zero-order chi connectivity index (χ0) is 24.3. The van der Waals surface area contributed by atoms with Crippen LogP contribution in [0.2, 0.25) is 5.02 Å². The van der Waals surface area contributed by atoms with Crippen molar-refractivity contribution in [3.63, 3.8) is 0 Å². The van der Waals surface area contributed by atoms with Crippen LogP contribution in [-0.2, 0) is 26.1 Å². The van der Waals surface area contributed by atoms with Crippen LogP contribution in [0.3, 0.4) is 0 Å². The van der Waals surface area contributed by atoms with E-state index in [1.54, 1.807) is 6.92 Å². The normalized spacial score (nSPS) is 11.2. The van der Waals surface area contributed by atoms with Crippen LogP contribution in [0.5, 0.6) is 0 Å². The number of nitrogens with zero attached hydrogens (tertiary/aromatic N) is 1. The second kappa shape index (κ2) is 9.63. The third-order valence-electron chi connectivity index (χ3n) is 4.69. The topological polar surface area (TPSA) is 103 Å². The molecule has 0 radical (unpaired) electrons. The summed E-state index contributed by atoms with van der Waals surface area (Å²) >= 11 is 6.09. The molecule has 0 unspecified atom stereocenters. The number of hydrogen-bond acceptors (Lipinski definition) is 7. The molecule has 0 atom stereocenters. The Hall–Kier alpha value is -3.37. The number of esters is 2. The molecule has 0 fully saturated rings. The summed E-state index contributed by atoms with van der Waals surface area (Å²) in [6.07, 6.45) is 0. The van der Waals surface area contributed by atoms with Crippen LogP contribution in [0.1, 0.15) is 32.2 Å². The number of carbonyl (C=O) groups is 2. The molecular weight excluding hydrogens is 477 g/mol. The zero-order valence-electron chi connectivity index (χ0n) is 17.8. The highest BCUT2D eigenvalue weighted by Crippen LogP contribution is 2.27. The molecule has 1 heterocycles. The number of methoxy groups -OCH3 is 1. The average Bonchev–Trinajstić information content (AvgIpc) is 3.17. The Morgan fingerprint density at radius 3 is 2.39 bits per heavy atom. The van der Waals surface area contributed by atoms with Crippen LogP contribution in [0.15, 0.2) is 57.8 Å². The smallest absolute Gasteiger partial charge is 0.374 e. The molecule has 174 valence electrons. The van der Waals surface area contributed by atoms with E-state index in [0.717, 1.165) is 22.5 Å². The molecule has 0 spiro atoms. The van der Waals surface area contributed by atoms with E-state index in [9.17, 15) is 22.4 Å². The average molecular weight is 496 g/mol. The molecule has 0 aliphatic heterocycles. The van der Waals surface area contributed by atoms with Crippen LogP contribution < -0.4 is 4.31 Å². The summed E-state index contributed by atoms with van der Waals surface area (Å²) in [5, 5.41) is -0.0192. The van der Waals surface area contributed by atoms with Crippen molar-refractivity contribution in [3.8, 4) is 0 Å². The second-order valence-corrected chi connectivity index (χ2v) is 9.26. The van der Waals surface area contributed by atoms with Gasteiger partial charge in [0.05, 0.1) is 28.3 Å². The lowest BCUT2D eigenvalue weighted by Crippen LogP contribution is -2.26. The lowest BCUT2D eigenvalue weighted by molar-refractivity contribution is 0.0438. The molecular formula is C22H19ClFNO7S. The van der Waals surface area contributed by atoms with E-state index in [0.29, 0.717) is 5.56 Å². The highest BCUT2D eigenvalue weighted by molar-refractivity contribution is 7.92.